The summed E-state index contributed by atoms with van der Waals surface area (Å²) in [4.78, 5) is 11.8. The fourth-order valence-electron chi connectivity index (χ4n) is 1.29. The molecule has 0 aliphatic rings. The van der Waals surface area contributed by atoms with Crippen LogP contribution in [0.1, 0.15) is 16.1 Å². The molecule has 18 heavy (non-hydrogen) atoms. The lowest BCUT2D eigenvalue weighted by molar-refractivity contribution is 0.0214. The minimum Gasteiger partial charge on any atom is -0.460 e. The highest BCUT2D eigenvalue weighted by Crippen LogP contribution is 2.24. The normalized spacial score (nSPS) is 10.4. The molecule has 0 radical (unpaired) electrons. The van der Waals surface area contributed by atoms with Crippen molar-refractivity contribution >= 4 is 22.5 Å². The van der Waals surface area contributed by atoms with Crippen molar-refractivity contribution < 1.29 is 19.0 Å². The quantitative estimate of drug-likeness (QED) is 0.569. The number of methoxy groups -OCH3 is 1. The van der Waals surface area contributed by atoms with Gasteiger partial charge in [0.25, 0.3) is 0 Å². The molecule has 0 aromatic carbocycles. The van der Waals surface area contributed by atoms with Crippen molar-refractivity contribution in [3.63, 3.8) is 0 Å². The third-order valence-electron chi connectivity index (χ3n) is 2.19. The number of carbonyl (C=O) groups is 1. The molecule has 1 aromatic heterocycles. The molecule has 1 aromatic rings. The van der Waals surface area contributed by atoms with Gasteiger partial charge in [0.15, 0.2) is 0 Å². The standard InChI is InChI=1S/C11H18N2O4S/c1-8-9(10(12-2)18-13-8)11(14)17-7-6-16-5-4-15-3/h12H,4-7H2,1-3H3. The van der Waals surface area contributed by atoms with E-state index in [0.717, 1.165) is 5.00 Å². The average Bonchev–Trinajstić information content (AvgIpc) is 2.74. The van der Waals surface area contributed by atoms with E-state index in [0.29, 0.717) is 31.1 Å². The molecule has 7 heteroatoms. The van der Waals surface area contributed by atoms with E-state index in [1.54, 1.807) is 21.1 Å². The molecule has 0 unspecified atom stereocenters. The van der Waals surface area contributed by atoms with Crippen molar-refractivity contribution in [3.05, 3.63) is 11.3 Å². The lowest BCUT2D eigenvalue weighted by atomic mass is 10.2. The highest BCUT2D eigenvalue weighted by Gasteiger charge is 2.18. The number of ether oxygens (including phenoxy) is 3. The Morgan fingerprint density at radius 1 is 1.33 bits per heavy atom. The maximum Gasteiger partial charge on any atom is 0.343 e. The number of rotatable bonds is 8. The second-order valence-electron chi connectivity index (χ2n) is 3.46. The van der Waals surface area contributed by atoms with E-state index in [1.165, 1.54) is 11.5 Å². The molecule has 1 N–H and O–H groups in total. The lowest BCUT2D eigenvalue weighted by Crippen LogP contribution is -2.13. The van der Waals surface area contributed by atoms with Crippen LogP contribution in [0, 0.1) is 6.92 Å². The number of nitrogens with zero attached hydrogens (tertiary/aromatic N) is 1. The van der Waals surface area contributed by atoms with Crippen molar-refractivity contribution in [2.24, 2.45) is 0 Å². The number of aromatic nitrogens is 1. The molecule has 0 fully saturated rings. The van der Waals surface area contributed by atoms with Gasteiger partial charge < -0.3 is 19.5 Å². The van der Waals surface area contributed by atoms with Crippen molar-refractivity contribution in [1.82, 2.24) is 4.37 Å². The van der Waals surface area contributed by atoms with E-state index in [2.05, 4.69) is 9.69 Å². The van der Waals surface area contributed by atoms with Crippen LogP contribution in [0.2, 0.25) is 0 Å². The molecule has 1 rings (SSSR count). The summed E-state index contributed by atoms with van der Waals surface area (Å²) in [6.45, 7) is 3.39. The van der Waals surface area contributed by atoms with Crippen LogP contribution in [0.25, 0.3) is 0 Å². The first-order valence-electron chi connectivity index (χ1n) is 5.58. The summed E-state index contributed by atoms with van der Waals surface area (Å²) in [7, 11) is 3.35. The van der Waals surface area contributed by atoms with E-state index >= 15 is 0 Å². The summed E-state index contributed by atoms with van der Waals surface area (Å²) in [5.74, 6) is -0.374. The van der Waals surface area contributed by atoms with Crippen molar-refractivity contribution in [2.75, 3.05) is 45.9 Å². The fourth-order valence-corrected chi connectivity index (χ4v) is 2.02. The summed E-state index contributed by atoms with van der Waals surface area (Å²) >= 11 is 1.25. The topological polar surface area (TPSA) is 69.7 Å². The first kappa shape index (κ1) is 14.9. The summed E-state index contributed by atoms with van der Waals surface area (Å²) in [5.41, 5.74) is 1.18. The Bertz CT molecular complexity index is 381. The zero-order valence-corrected chi connectivity index (χ0v) is 11.6. The van der Waals surface area contributed by atoms with Gasteiger partial charge in [-0.25, -0.2) is 4.79 Å². The third-order valence-corrected chi connectivity index (χ3v) is 3.14. The number of hydrogen-bond donors (Lipinski definition) is 1. The molecule has 102 valence electrons. The molecule has 0 spiro atoms. The summed E-state index contributed by atoms with van der Waals surface area (Å²) < 4.78 is 19.2. The predicted molar refractivity (Wildman–Crippen MR) is 69.4 cm³/mol. The second-order valence-corrected chi connectivity index (χ2v) is 4.24. The molecule has 0 saturated heterocycles. The zero-order valence-electron chi connectivity index (χ0n) is 10.8. The minimum atomic E-state index is -0.374. The third kappa shape index (κ3) is 4.25. The van der Waals surface area contributed by atoms with Gasteiger partial charge in [-0.1, -0.05) is 0 Å². The van der Waals surface area contributed by atoms with Gasteiger partial charge in [0.1, 0.15) is 17.2 Å². The highest BCUT2D eigenvalue weighted by molar-refractivity contribution is 7.10. The molecule has 0 atom stereocenters. The zero-order chi connectivity index (χ0) is 13.4. The molecule has 0 amide bonds. The number of hydrogen-bond acceptors (Lipinski definition) is 7. The van der Waals surface area contributed by atoms with Gasteiger partial charge >= 0.3 is 5.97 Å². The Hall–Kier alpha value is -1.18. The summed E-state index contributed by atoms with van der Waals surface area (Å²) in [6.07, 6.45) is 0. The van der Waals surface area contributed by atoms with Crippen molar-refractivity contribution in [3.8, 4) is 0 Å². The Morgan fingerprint density at radius 2 is 2.06 bits per heavy atom. The molecule has 1 heterocycles. The number of carbonyl (C=O) groups excluding carboxylic acids is 1. The Labute approximate surface area is 110 Å². The Morgan fingerprint density at radius 3 is 2.72 bits per heavy atom. The van der Waals surface area contributed by atoms with Crippen LogP contribution in [0.3, 0.4) is 0 Å². The molecule has 6 nitrogen and oxygen atoms in total. The van der Waals surface area contributed by atoms with E-state index in [4.69, 9.17) is 14.2 Å². The Kier molecular flexibility index (Phi) is 6.63. The molecule has 0 saturated carbocycles. The Balaban J connectivity index is 2.34. The van der Waals surface area contributed by atoms with Gasteiger partial charge in [0.2, 0.25) is 0 Å². The van der Waals surface area contributed by atoms with E-state index < -0.39 is 0 Å². The number of aryl methyl sites for hydroxylation is 1. The molecule has 0 aliphatic heterocycles. The van der Waals surface area contributed by atoms with Crippen LogP contribution in [-0.2, 0) is 14.2 Å². The first-order valence-corrected chi connectivity index (χ1v) is 6.35. The molecule has 0 bridgehead atoms. The lowest BCUT2D eigenvalue weighted by Gasteiger charge is -2.06. The average molecular weight is 274 g/mol. The second kappa shape index (κ2) is 8.02. The SMILES string of the molecule is CNc1snc(C)c1C(=O)OCCOCCOC. The van der Waals surface area contributed by atoms with Crippen LogP contribution in [0.5, 0.6) is 0 Å². The van der Waals surface area contributed by atoms with Gasteiger partial charge in [0, 0.05) is 14.2 Å². The summed E-state index contributed by atoms with van der Waals surface area (Å²) in [6, 6.07) is 0. The number of anilines is 1. The maximum atomic E-state index is 11.8. The van der Waals surface area contributed by atoms with Crippen molar-refractivity contribution in [1.29, 1.82) is 0 Å². The van der Waals surface area contributed by atoms with E-state index in [-0.39, 0.29) is 12.6 Å². The van der Waals surface area contributed by atoms with Gasteiger partial charge in [-0.15, -0.1) is 0 Å². The minimum absolute atomic E-state index is 0.223. The van der Waals surface area contributed by atoms with E-state index in [1.807, 2.05) is 0 Å². The first-order chi connectivity index (χ1) is 8.70. The van der Waals surface area contributed by atoms with Crippen LogP contribution >= 0.6 is 11.5 Å². The molecule has 0 aliphatic carbocycles. The number of nitrogens with one attached hydrogen (secondary N) is 1. The highest BCUT2D eigenvalue weighted by atomic mass is 32.1. The van der Waals surface area contributed by atoms with Gasteiger partial charge in [0.05, 0.1) is 25.5 Å². The summed E-state index contributed by atoms with van der Waals surface area (Å²) in [5, 5.41) is 3.64. The van der Waals surface area contributed by atoms with Crippen molar-refractivity contribution in [2.45, 2.75) is 6.92 Å². The van der Waals surface area contributed by atoms with Crippen LogP contribution in [0.15, 0.2) is 0 Å². The monoisotopic (exact) mass is 274 g/mol. The smallest absolute Gasteiger partial charge is 0.343 e. The molecular formula is C11H18N2O4S. The van der Waals surface area contributed by atoms with E-state index in [9.17, 15) is 4.79 Å². The largest absolute Gasteiger partial charge is 0.460 e. The number of esters is 1. The van der Waals surface area contributed by atoms with Crippen LogP contribution in [0.4, 0.5) is 5.00 Å². The van der Waals surface area contributed by atoms with Gasteiger partial charge in [-0.3, -0.25) is 0 Å². The van der Waals surface area contributed by atoms with Gasteiger partial charge in [-0.05, 0) is 18.5 Å². The predicted octanol–water partition coefficient (Wildman–Crippen LogP) is 1.31. The van der Waals surface area contributed by atoms with Crippen LogP contribution < -0.4 is 5.32 Å². The molecular weight excluding hydrogens is 256 g/mol. The maximum absolute atomic E-state index is 11.8. The van der Waals surface area contributed by atoms with Crippen LogP contribution in [-0.4, -0.2) is 50.9 Å². The fraction of sp³-hybridized carbons (Fsp3) is 0.636. The van der Waals surface area contributed by atoms with Gasteiger partial charge in [-0.2, -0.15) is 4.37 Å².